The van der Waals surface area contributed by atoms with E-state index in [1.807, 2.05) is 24.3 Å². The lowest BCUT2D eigenvalue weighted by Gasteiger charge is -2.40. The van der Waals surface area contributed by atoms with Crippen LogP contribution in [0, 0.1) is 0 Å². The van der Waals surface area contributed by atoms with Crippen molar-refractivity contribution in [3.63, 3.8) is 0 Å². The SMILES string of the molecule is CC/C=C\C/C=C\C/C=C\C/C=C\C/C=C\CCCC(=O)OCC(COC1OC(C(=O)O)C(O)C(O)C1OC(=O)C/C=C\C/C=C\C/C=C\C/C=C\C/C=C\CC)OC(=O)CCCCCCCCCCC. The molecule has 3 N–H and O–H groups in total. The Balaban J connectivity index is 2.79. The van der Waals surface area contributed by atoms with Crippen LogP contribution < -0.4 is 0 Å². The molecule has 6 atom stereocenters. The molecule has 0 aromatic heterocycles. The highest BCUT2D eigenvalue weighted by Gasteiger charge is 2.50. The Bertz CT molecular complexity index is 1700. The zero-order chi connectivity index (χ0) is 51.8. The molecular weight excluding hydrogens is 901 g/mol. The molecule has 0 bridgehead atoms. The first-order valence-electron chi connectivity index (χ1n) is 26.5. The summed E-state index contributed by atoms with van der Waals surface area (Å²) in [4.78, 5) is 50.7. The first-order valence-corrected chi connectivity index (χ1v) is 26.5. The second kappa shape index (κ2) is 46.2. The maximum atomic E-state index is 13.0. The van der Waals surface area contributed by atoms with E-state index in [1.165, 1.54) is 25.7 Å². The number of rotatable bonds is 42. The van der Waals surface area contributed by atoms with E-state index in [0.717, 1.165) is 83.5 Å². The minimum absolute atomic E-state index is 0.125. The zero-order valence-electron chi connectivity index (χ0n) is 43.4. The van der Waals surface area contributed by atoms with Gasteiger partial charge < -0.3 is 39.0 Å². The van der Waals surface area contributed by atoms with Gasteiger partial charge in [0.05, 0.1) is 13.0 Å². The minimum atomic E-state index is -1.95. The predicted octanol–water partition coefficient (Wildman–Crippen LogP) is 12.9. The summed E-state index contributed by atoms with van der Waals surface area (Å²) in [5.74, 6) is -3.38. The molecule has 0 aliphatic carbocycles. The molecule has 0 spiro atoms. The molecule has 12 nitrogen and oxygen atoms in total. The summed E-state index contributed by atoms with van der Waals surface area (Å²) < 4.78 is 28.1. The number of allylic oxidation sites excluding steroid dienone is 19. The molecule has 1 rings (SSSR count). The molecule has 1 heterocycles. The minimum Gasteiger partial charge on any atom is -0.479 e. The summed E-state index contributed by atoms with van der Waals surface area (Å²) in [6, 6.07) is 0. The van der Waals surface area contributed by atoms with Crippen LogP contribution in [0.25, 0.3) is 0 Å². The van der Waals surface area contributed by atoms with E-state index in [9.17, 15) is 34.5 Å². The van der Waals surface area contributed by atoms with Crippen LogP contribution in [-0.2, 0) is 42.9 Å². The van der Waals surface area contributed by atoms with Gasteiger partial charge in [-0.15, -0.1) is 0 Å². The first kappa shape index (κ1) is 64.1. The van der Waals surface area contributed by atoms with Crippen LogP contribution in [0.5, 0.6) is 0 Å². The van der Waals surface area contributed by atoms with Gasteiger partial charge in [0.25, 0.3) is 0 Å². The van der Waals surface area contributed by atoms with Crippen LogP contribution in [0.2, 0.25) is 0 Å². The van der Waals surface area contributed by atoms with E-state index in [1.54, 1.807) is 12.2 Å². The highest BCUT2D eigenvalue weighted by atomic mass is 16.7. The van der Waals surface area contributed by atoms with E-state index >= 15 is 0 Å². The van der Waals surface area contributed by atoms with Gasteiger partial charge in [-0.25, -0.2) is 4.79 Å². The van der Waals surface area contributed by atoms with E-state index in [-0.39, 0.29) is 25.9 Å². The number of aliphatic hydroxyl groups excluding tert-OH is 2. The standard InChI is InChI=1S/C59H90O12/c1-4-7-10-13-16-19-21-23-25-26-28-29-31-34-36-39-42-45-51(60)67-48-50(69-52(61)46-43-40-37-33-18-15-12-9-6-3)49-68-59-57(55(64)54(63)56(71-59)58(65)66)70-53(62)47-44-41-38-35-32-30-27-24-22-20-17-14-11-8-5-2/h7-8,10-11,16-17,19-20,23-25,27-29,32,34-36,41,44,50,54-57,59,63-64H,4-6,9,12-15,18,21-22,26,30-31,33,37-40,42-43,45-49H2,1-3H3,(H,65,66)/b10-7-,11-8-,19-16-,20-17-,25-23-,27-24-,29-28-,35-32-,36-34-,44-41-. The maximum absolute atomic E-state index is 13.0. The molecule has 1 aliphatic rings. The van der Waals surface area contributed by atoms with Crippen molar-refractivity contribution in [3.05, 3.63) is 122 Å². The molecule has 12 heteroatoms. The summed E-state index contributed by atoms with van der Waals surface area (Å²) in [5, 5.41) is 31.3. The quantitative estimate of drug-likeness (QED) is 0.0229. The number of carboxylic acid groups (broad SMARTS) is 1. The topological polar surface area (TPSA) is 175 Å². The fourth-order valence-corrected chi connectivity index (χ4v) is 7.06. The monoisotopic (exact) mass is 991 g/mol. The molecule has 398 valence electrons. The number of aliphatic hydroxyl groups is 2. The maximum Gasteiger partial charge on any atom is 0.335 e. The second-order valence-electron chi connectivity index (χ2n) is 17.4. The van der Waals surface area contributed by atoms with Gasteiger partial charge in [0.15, 0.2) is 24.6 Å². The molecule has 1 fully saturated rings. The van der Waals surface area contributed by atoms with Gasteiger partial charge in [-0.2, -0.15) is 0 Å². The van der Waals surface area contributed by atoms with Gasteiger partial charge in [0.2, 0.25) is 0 Å². The van der Waals surface area contributed by atoms with Crippen molar-refractivity contribution >= 4 is 23.9 Å². The number of unbranched alkanes of at least 4 members (excludes halogenated alkanes) is 9. The molecule has 1 saturated heterocycles. The van der Waals surface area contributed by atoms with Crippen molar-refractivity contribution in [2.45, 2.75) is 212 Å². The van der Waals surface area contributed by atoms with E-state index in [0.29, 0.717) is 25.7 Å². The summed E-state index contributed by atoms with van der Waals surface area (Å²) in [6.07, 6.45) is 50.8. The van der Waals surface area contributed by atoms with Crippen molar-refractivity contribution in [3.8, 4) is 0 Å². The van der Waals surface area contributed by atoms with Crippen LogP contribution in [0.3, 0.4) is 0 Å². The first-order chi connectivity index (χ1) is 34.6. The highest BCUT2D eigenvalue weighted by Crippen LogP contribution is 2.26. The summed E-state index contributed by atoms with van der Waals surface area (Å²) in [5.41, 5.74) is 0. The lowest BCUT2D eigenvalue weighted by Crippen LogP contribution is -2.61. The van der Waals surface area contributed by atoms with Crippen LogP contribution >= 0.6 is 0 Å². The lowest BCUT2D eigenvalue weighted by atomic mass is 9.98. The van der Waals surface area contributed by atoms with Crippen LogP contribution in [0.4, 0.5) is 0 Å². The molecule has 0 saturated carbocycles. The summed E-state index contributed by atoms with van der Waals surface area (Å²) >= 11 is 0. The Morgan fingerprint density at radius 2 is 0.930 bits per heavy atom. The molecule has 0 aromatic carbocycles. The lowest BCUT2D eigenvalue weighted by molar-refractivity contribution is -0.301. The van der Waals surface area contributed by atoms with Crippen molar-refractivity contribution < 1.29 is 58.2 Å². The predicted molar refractivity (Wildman–Crippen MR) is 284 cm³/mol. The smallest absolute Gasteiger partial charge is 0.335 e. The van der Waals surface area contributed by atoms with Gasteiger partial charge in [-0.1, -0.05) is 194 Å². The van der Waals surface area contributed by atoms with Gasteiger partial charge in [0, 0.05) is 12.8 Å². The summed E-state index contributed by atoms with van der Waals surface area (Å²) in [6.45, 7) is 5.60. The van der Waals surface area contributed by atoms with Crippen LogP contribution in [-0.4, -0.2) is 89.2 Å². The van der Waals surface area contributed by atoms with Crippen molar-refractivity contribution in [2.24, 2.45) is 0 Å². The third kappa shape index (κ3) is 36.7. The van der Waals surface area contributed by atoms with Crippen molar-refractivity contribution in [1.29, 1.82) is 0 Å². The third-order valence-electron chi connectivity index (χ3n) is 11.1. The molecule has 0 aromatic rings. The van der Waals surface area contributed by atoms with Gasteiger partial charge >= 0.3 is 23.9 Å². The Morgan fingerprint density at radius 3 is 1.41 bits per heavy atom. The average Bonchev–Trinajstić information content (AvgIpc) is 3.35. The van der Waals surface area contributed by atoms with E-state index in [2.05, 4.69) is 106 Å². The molecular formula is C59H90O12. The third-order valence-corrected chi connectivity index (χ3v) is 11.1. The number of carbonyl (C=O) groups is 4. The number of hydrogen-bond donors (Lipinski definition) is 3. The Kier molecular flexibility index (Phi) is 41.7. The number of ether oxygens (including phenoxy) is 5. The molecule has 0 radical (unpaired) electrons. The zero-order valence-corrected chi connectivity index (χ0v) is 43.4. The number of aliphatic carboxylic acids is 1. The Hall–Kier alpha value is -4.88. The van der Waals surface area contributed by atoms with Gasteiger partial charge in [-0.05, 0) is 83.5 Å². The second-order valence-corrected chi connectivity index (χ2v) is 17.4. The Morgan fingerprint density at radius 1 is 0.493 bits per heavy atom. The Labute approximate surface area is 427 Å². The number of esters is 3. The molecule has 0 amide bonds. The highest BCUT2D eigenvalue weighted by molar-refractivity contribution is 5.74. The van der Waals surface area contributed by atoms with Crippen LogP contribution in [0.15, 0.2) is 122 Å². The van der Waals surface area contributed by atoms with Gasteiger partial charge in [0.1, 0.15) is 18.8 Å². The van der Waals surface area contributed by atoms with Gasteiger partial charge in [-0.3, -0.25) is 14.4 Å². The number of hydrogen-bond acceptors (Lipinski definition) is 11. The molecule has 1 aliphatic heterocycles. The fraction of sp³-hybridized carbons (Fsp3) is 0.593. The summed E-state index contributed by atoms with van der Waals surface area (Å²) in [7, 11) is 0. The van der Waals surface area contributed by atoms with E-state index < -0.39 is 67.3 Å². The normalized spacial score (nSPS) is 19.5. The van der Waals surface area contributed by atoms with Crippen molar-refractivity contribution in [2.75, 3.05) is 13.2 Å². The van der Waals surface area contributed by atoms with E-state index in [4.69, 9.17) is 23.7 Å². The van der Waals surface area contributed by atoms with Crippen LogP contribution in [0.1, 0.15) is 175 Å². The fourth-order valence-electron chi connectivity index (χ4n) is 7.06. The molecule has 71 heavy (non-hydrogen) atoms. The van der Waals surface area contributed by atoms with Crippen molar-refractivity contribution in [1.82, 2.24) is 0 Å². The number of carboxylic acids is 1. The number of carbonyl (C=O) groups excluding carboxylic acids is 3. The molecule has 6 unspecified atom stereocenters. The average molecular weight is 991 g/mol. The largest absolute Gasteiger partial charge is 0.479 e.